The summed E-state index contributed by atoms with van der Waals surface area (Å²) in [5.41, 5.74) is 8.54. The van der Waals surface area contributed by atoms with Gasteiger partial charge in [0, 0.05) is 0 Å². The first kappa shape index (κ1) is 12.2. The van der Waals surface area contributed by atoms with Gasteiger partial charge in [-0.15, -0.1) is 0 Å². The van der Waals surface area contributed by atoms with Crippen LogP contribution in [0.3, 0.4) is 0 Å². The van der Waals surface area contributed by atoms with E-state index in [2.05, 4.69) is 5.10 Å². The monoisotopic (exact) mass is 245 g/mol. The fraction of sp³-hybridized carbons (Fsp3) is 0.231. The Morgan fingerprint density at radius 1 is 1.39 bits per heavy atom. The Kier molecular flexibility index (Phi) is 3.32. The number of nitrogen functional groups attached to an aromatic ring is 1. The molecule has 94 valence electrons. The van der Waals surface area contributed by atoms with Crippen LogP contribution in [0.4, 0.5) is 5.69 Å². The molecule has 1 heterocycles. The molecule has 0 saturated heterocycles. The lowest BCUT2D eigenvalue weighted by molar-refractivity contribution is 0.0526. The summed E-state index contributed by atoms with van der Waals surface area (Å²) in [4.78, 5) is 11.5. The first-order valence-corrected chi connectivity index (χ1v) is 5.71. The number of aryl methyl sites for hydroxylation is 1. The van der Waals surface area contributed by atoms with Gasteiger partial charge in [0.2, 0.25) is 0 Å². The second-order valence-corrected chi connectivity index (χ2v) is 3.88. The zero-order valence-electron chi connectivity index (χ0n) is 10.4. The molecular weight excluding hydrogens is 230 g/mol. The topological polar surface area (TPSA) is 70.1 Å². The van der Waals surface area contributed by atoms with E-state index < -0.39 is 0 Å². The van der Waals surface area contributed by atoms with Crippen LogP contribution in [0.1, 0.15) is 23.0 Å². The van der Waals surface area contributed by atoms with Crippen LogP contribution in [0.15, 0.2) is 30.5 Å². The van der Waals surface area contributed by atoms with Crippen LogP contribution in [-0.2, 0) is 4.74 Å². The number of hydrogen-bond donors (Lipinski definition) is 1. The Morgan fingerprint density at radius 2 is 2.06 bits per heavy atom. The van der Waals surface area contributed by atoms with E-state index in [-0.39, 0.29) is 5.97 Å². The maximum atomic E-state index is 11.5. The van der Waals surface area contributed by atoms with E-state index >= 15 is 0 Å². The number of aromatic nitrogens is 2. The van der Waals surface area contributed by atoms with Gasteiger partial charge in [-0.05, 0) is 38.1 Å². The average molecular weight is 245 g/mol. The molecule has 2 N–H and O–H groups in total. The third-order valence-corrected chi connectivity index (χ3v) is 2.58. The Labute approximate surface area is 105 Å². The minimum atomic E-state index is -0.319. The SMILES string of the molecule is CCOC(=O)c1ccc(-n2cc(N)c(C)n2)cc1. The lowest BCUT2D eigenvalue weighted by Gasteiger charge is -2.04. The molecule has 0 bridgehead atoms. The van der Waals surface area contributed by atoms with E-state index in [4.69, 9.17) is 10.5 Å². The van der Waals surface area contributed by atoms with Crippen molar-refractivity contribution in [1.82, 2.24) is 9.78 Å². The second kappa shape index (κ2) is 4.91. The number of hydrogen-bond acceptors (Lipinski definition) is 4. The molecule has 18 heavy (non-hydrogen) atoms. The third-order valence-electron chi connectivity index (χ3n) is 2.58. The van der Waals surface area contributed by atoms with E-state index in [0.29, 0.717) is 17.9 Å². The Morgan fingerprint density at radius 3 is 2.56 bits per heavy atom. The fourth-order valence-corrected chi connectivity index (χ4v) is 1.57. The highest BCUT2D eigenvalue weighted by Gasteiger charge is 2.07. The van der Waals surface area contributed by atoms with Crippen LogP contribution in [-0.4, -0.2) is 22.4 Å². The quantitative estimate of drug-likeness (QED) is 0.839. The molecule has 0 saturated carbocycles. The van der Waals surface area contributed by atoms with Crippen molar-refractivity contribution in [2.45, 2.75) is 13.8 Å². The predicted molar refractivity (Wildman–Crippen MR) is 68.7 cm³/mol. The smallest absolute Gasteiger partial charge is 0.338 e. The van der Waals surface area contributed by atoms with E-state index in [9.17, 15) is 4.79 Å². The number of esters is 1. The summed E-state index contributed by atoms with van der Waals surface area (Å²) in [6.45, 7) is 4.00. The van der Waals surface area contributed by atoms with Gasteiger partial charge in [0.1, 0.15) is 0 Å². The molecule has 0 atom stereocenters. The van der Waals surface area contributed by atoms with E-state index in [0.717, 1.165) is 11.4 Å². The maximum Gasteiger partial charge on any atom is 0.338 e. The highest BCUT2D eigenvalue weighted by molar-refractivity contribution is 5.89. The highest BCUT2D eigenvalue weighted by atomic mass is 16.5. The van der Waals surface area contributed by atoms with Crippen molar-refractivity contribution in [1.29, 1.82) is 0 Å². The van der Waals surface area contributed by atoms with Crippen molar-refractivity contribution in [2.75, 3.05) is 12.3 Å². The molecule has 5 nitrogen and oxygen atoms in total. The van der Waals surface area contributed by atoms with Gasteiger partial charge in [-0.1, -0.05) is 0 Å². The first-order chi connectivity index (χ1) is 8.61. The highest BCUT2D eigenvalue weighted by Crippen LogP contribution is 2.14. The number of ether oxygens (including phenoxy) is 1. The van der Waals surface area contributed by atoms with Crippen molar-refractivity contribution in [2.24, 2.45) is 0 Å². The van der Waals surface area contributed by atoms with Crippen LogP contribution in [0, 0.1) is 6.92 Å². The maximum absolute atomic E-state index is 11.5. The lowest BCUT2D eigenvalue weighted by atomic mass is 10.2. The number of carbonyl (C=O) groups excluding carboxylic acids is 1. The fourth-order valence-electron chi connectivity index (χ4n) is 1.57. The molecule has 0 unspecified atom stereocenters. The number of benzene rings is 1. The number of rotatable bonds is 3. The Balaban J connectivity index is 2.24. The molecule has 1 aromatic heterocycles. The zero-order chi connectivity index (χ0) is 13.1. The summed E-state index contributed by atoms with van der Waals surface area (Å²) in [5, 5.41) is 4.27. The lowest BCUT2D eigenvalue weighted by Crippen LogP contribution is -2.04. The van der Waals surface area contributed by atoms with Crippen molar-refractivity contribution >= 4 is 11.7 Å². The molecule has 0 amide bonds. The Bertz CT molecular complexity index is 539. The van der Waals surface area contributed by atoms with Gasteiger partial charge in [-0.25, -0.2) is 9.48 Å². The molecule has 0 spiro atoms. The zero-order valence-corrected chi connectivity index (χ0v) is 10.4. The number of carbonyl (C=O) groups is 1. The number of nitrogens with zero attached hydrogens (tertiary/aromatic N) is 2. The van der Waals surface area contributed by atoms with Crippen LogP contribution in [0.25, 0.3) is 5.69 Å². The van der Waals surface area contributed by atoms with Crippen molar-refractivity contribution in [3.8, 4) is 5.69 Å². The molecule has 0 aliphatic carbocycles. The predicted octanol–water partition coefficient (Wildman–Crippen LogP) is 1.94. The van der Waals surface area contributed by atoms with Gasteiger partial charge >= 0.3 is 5.97 Å². The van der Waals surface area contributed by atoms with Gasteiger partial charge < -0.3 is 10.5 Å². The molecule has 2 rings (SSSR count). The molecule has 0 radical (unpaired) electrons. The van der Waals surface area contributed by atoms with Crippen LogP contribution < -0.4 is 5.73 Å². The largest absolute Gasteiger partial charge is 0.462 e. The molecule has 2 aromatic rings. The molecular formula is C13H15N3O2. The summed E-state index contributed by atoms with van der Waals surface area (Å²) in [6, 6.07) is 7.03. The van der Waals surface area contributed by atoms with Crippen LogP contribution >= 0.6 is 0 Å². The van der Waals surface area contributed by atoms with Gasteiger partial charge in [-0.2, -0.15) is 5.10 Å². The van der Waals surface area contributed by atoms with Gasteiger partial charge in [0.15, 0.2) is 0 Å². The molecule has 0 aliphatic rings. The molecule has 1 aromatic carbocycles. The standard InChI is InChI=1S/C13H15N3O2/c1-3-18-13(17)10-4-6-11(7-5-10)16-8-12(14)9(2)15-16/h4-8H,3,14H2,1-2H3. The molecule has 0 aliphatic heterocycles. The number of anilines is 1. The van der Waals surface area contributed by atoms with Crippen molar-refractivity contribution < 1.29 is 9.53 Å². The van der Waals surface area contributed by atoms with E-state index in [1.807, 2.05) is 6.92 Å². The summed E-state index contributed by atoms with van der Waals surface area (Å²) in [5.74, 6) is -0.319. The Hall–Kier alpha value is -2.30. The van der Waals surface area contributed by atoms with Gasteiger partial charge in [0.25, 0.3) is 0 Å². The van der Waals surface area contributed by atoms with Crippen LogP contribution in [0.2, 0.25) is 0 Å². The summed E-state index contributed by atoms with van der Waals surface area (Å²) in [6.07, 6.45) is 1.74. The van der Waals surface area contributed by atoms with Gasteiger partial charge in [-0.3, -0.25) is 0 Å². The van der Waals surface area contributed by atoms with Crippen LogP contribution in [0.5, 0.6) is 0 Å². The minimum absolute atomic E-state index is 0.319. The summed E-state index contributed by atoms with van der Waals surface area (Å²) in [7, 11) is 0. The number of nitrogens with two attached hydrogens (primary N) is 1. The third kappa shape index (κ3) is 2.34. The van der Waals surface area contributed by atoms with Crippen molar-refractivity contribution in [3.63, 3.8) is 0 Å². The average Bonchev–Trinajstić information content (AvgIpc) is 2.70. The van der Waals surface area contributed by atoms with E-state index in [1.165, 1.54) is 0 Å². The second-order valence-electron chi connectivity index (χ2n) is 3.88. The molecule has 0 fully saturated rings. The minimum Gasteiger partial charge on any atom is -0.462 e. The van der Waals surface area contributed by atoms with E-state index in [1.54, 1.807) is 42.1 Å². The molecule has 5 heteroatoms. The summed E-state index contributed by atoms with van der Waals surface area (Å²) >= 11 is 0. The summed E-state index contributed by atoms with van der Waals surface area (Å²) < 4.78 is 6.60. The van der Waals surface area contributed by atoms with Crippen molar-refractivity contribution in [3.05, 3.63) is 41.7 Å². The van der Waals surface area contributed by atoms with Gasteiger partial charge in [0.05, 0.1) is 35.4 Å². The normalized spacial score (nSPS) is 10.3. The first-order valence-electron chi connectivity index (χ1n) is 5.71.